The Bertz CT molecular complexity index is 769. The zero-order valence-corrected chi connectivity index (χ0v) is 17.6. The van der Waals surface area contributed by atoms with Gasteiger partial charge in [0.1, 0.15) is 5.82 Å². The van der Waals surface area contributed by atoms with E-state index >= 15 is 0 Å². The van der Waals surface area contributed by atoms with Crippen molar-refractivity contribution in [1.29, 1.82) is 0 Å². The molecule has 1 aromatic heterocycles. The summed E-state index contributed by atoms with van der Waals surface area (Å²) in [5, 5.41) is 3.35. The lowest BCUT2D eigenvalue weighted by Crippen LogP contribution is -2.38. The molecular weight excluding hydrogens is 397 g/mol. The highest BCUT2D eigenvalue weighted by atomic mass is 79.9. The molecule has 0 radical (unpaired) electrons. The minimum Gasteiger partial charge on any atom is -0.352 e. The van der Waals surface area contributed by atoms with Gasteiger partial charge in [0.25, 0.3) is 0 Å². The van der Waals surface area contributed by atoms with Gasteiger partial charge in [0, 0.05) is 56.2 Å². The van der Waals surface area contributed by atoms with Crippen LogP contribution in [0, 0.1) is 5.82 Å². The van der Waals surface area contributed by atoms with E-state index < -0.39 is 0 Å². The molecule has 0 fully saturated rings. The van der Waals surface area contributed by atoms with Gasteiger partial charge in [-0.2, -0.15) is 0 Å². The number of hydrogen-bond acceptors (Lipinski definition) is 2. The second-order valence-corrected chi connectivity index (χ2v) is 7.60. The van der Waals surface area contributed by atoms with Crippen molar-refractivity contribution in [3.63, 3.8) is 0 Å². The van der Waals surface area contributed by atoms with Gasteiger partial charge < -0.3 is 19.7 Å². The SMILES string of the molecule is CN=C(NCc1ccc(F)c(CN(C)C)c1)N(C)Cc1cc(Br)cn1C. The van der Waals surface area contributed by atoms with Crippen LogP contribution in [0.15, 0.2) is 39.9 Å². The molecule has 1 N–H and O–H groups in total. The minimum absolute atomic E-state index is 0.168. The van der Waals surface area contributed by atoms with Crippen LogP contribution >= 0.6 is 15.9 Å². The Morgan fingerprint density at radius 1 is 1.23 bits per heavy atom. The van der Waals surface area contributed by atoms with Crippen LogP contribution in [0.5, 0.6) is 0 Å². The molecule has 0 aliphatic carbocycles. The van der Waals surface area contributed by atoms with Gasteiger partial charge >= 0.3 is 0 Å². The first-order chi connectivity index (χ1) is 12.3. The maximum Gasteiger partial charge on any atom is 0.194 e. The third kappa shape index (κ3) is 5.57. The summed E-state index contributed by atoms with van der Waals surface area (Å²) in [7, 11) is 9.65. The summed E-state index contributed by atoms with van der Waals surface area (Å²) in [4.78, 5) is 8.37. The van der Waals surface area contributed by atoms with Crippen LogP contribution in [-0.2, 0) is 26.7 Å². The smallest absolute Gasteiger partial charge is 0.194 e. The van der Waals surface area contributed by atoms with Crippen molar-refractivity contribution in [2.45, 2.75) is 19.6 Å². The van der Waals surface area contributed by atoms with Gasteiger partial charge in [0.05, 0.1) is 6.54 Å². The Labute approximate surface area is 163 Å². The average molecular weight is 424 g/mol. The molecule has 7 heteroatoms. The monoisotopic (exact) mass is 423 g/mol. The molecule has 1 aromatic carbocycles. The zero-order valence-electron chi connectivity index (χ0n) is 16.1. The maximum atomic E-state index is 13.9. The lowest BCUT2D eigenvalue weighted by molar-refractivity contribution is 0.392. The zero-order chi connectivity index (χ0) is 19.3. The van der Waals surface area contributed by atoms with Gasteiger partial charge in [-0.3, -0.25) is 4.99 Å². The lowest BCUT2D eigenvalue weighted by Gasteiger charge is -2.22. The number of aromatic nitrogens is 1. The molecule has 0 amide bonds. The lowest BCUT2D eigenvalue weighted by atomic mass is 10.1. The Morgan fingerprint density at radius 3 is 2.54 bits per heavy atom. The van der Waals surface area contributed by atoms with E-state index in [2.05, 4.69) is 41.8 Å². The number of aryl methyl sites for hydroxylation is 1. The number of rotatable bonds is 6. The predicted octanol–water partition coefficient (Wildman–Crippen LogP) is 3.20. The fourth-order valence-corrected chi connectivity index (χ4v) is 3.38. The molecule has 0 unspecified atom stereocenters. The Hall–Kier alpha value is -1.86. The minimum atomic E-state index is -0.168. The van der Waals surface area contributed by atoms with Crippen molar-refractivity contribution < 1.29 is 4.39 Å². The first kappa shape index (κ1) is 20.5. The van der Waals surface area contributed by atoms with Crippen molar-refractivity contribution in [3.8, 4) is 0 Å². The van der Waals surface area contributed by atoms with Crippen LogP contribution in [0.2, 0.25) is 0 Å². The standard InChI is InChI=1S/C19H27BrFN5/c1-22-19(26(5)13-17-9-16(20)12-25(17)4)23-10-14-6-7-18(21)15(8-14)11-24(2)3/h6-9,12H,10-11,13H2,1-5H3,(H,22,23). The Morgan fingerprint density at radius 2 is 1.96 bits per heavy atom. The summed E-state index contributed by atoms with van der Waals surface area (Å²) in [5.41, 5.74) is 2.91. The Balaban J connectivity index is 2.01. The van der Waals surface area contributed by atoms with Crippen LogP contribution in [0.1, 0.15) is 16.8 Å². The largest absolute Gasteiger partial charge is 0.352 e. The highest BCUT2D eigenvalue weighted by Gasteiger charge is 2.10. The fraction of sp³-hybridized carbons (Fsp3) is 0.421. The van der Waals surface area contributed by atoms with E-state index in [-0.39, 0.29) is 5.82 Å². The summed E-state index contributed by atoms with van der Waals surface area (Å²) in [5.74, 6) is 0.624. The van der Waals surface area contributed by atoms with E-state index in [9.17, 15) is 4.39 Å². The number of guanidine groups is 1. The average Bonchev–Trinajstić information content (AvgIpc) is 2.87. The van der Waals surface area contributed by atoms with E-state index in [1.807, 2.05) is 51.4 Å². The number of benzene rings is 1. The molecule has 0 aliphatic rings. The van der Waals surface area contributed by atoms with Crippen molar-refractivity contribution in [3.05, 3.63) is 57.6 Å². The first-order valence-corrected chi connectivity index (χ1v) is 9.24. The molecular formula is C19H27BrFN5. The number of hydrogen-bond donors (Lipinski definition) is 1. The predicted molar refractivity (Wildman–Crippen MR) is 109 cm³/mol. The van der Waals surface area contributed by atoms with Crippen molar-refractivity contribution >= 4 is 21.9 Å². The van der Waals surface area contributed by atoms with Crippen LogP contribution < -0.4 is 5.32 Å². The maximum absolute atomic E-state index is 13.9. The van der Waals surface area contributed by atoms with E-state index in [4.69, 9.17) is 0 Å². The normalized spacial score (nSPS) is 11.9. The van der Waals surface area contributed by atoms with Gasteiger partial charge in [-0.05, 0) is 53.8 Å². The van der Waals surface area contributed by atoms with Gasteiger partial charge in [-0.1, -0.05) is 6.07 Å². The molecule has 26 heavy (non-hydrogen) atoms. The molecule has 1 heterocycles. The van der Waals surface area contributed by atoms with Crippen LogP contribution in [-0.4, -0.2) is 48.5 Å². The summed E-state index contributed by atoms with van der Waals surface area (Å²) >= 11 is 3.50. The quantitative estimate of drug-likeness (QED) is 0.572. The molecule has 2 rings (SSSR count). The molecule has 5 nitrogen and oxygen atoms in total. The molecule has 2 aromatic rings. The van der Waals surface area contributed by atoms with Crippen molar-refractivity contribution in [1.82, 2.24) is 19.7 Å². The van der Waals surface area contributed by atoms with Gasteiger partial charge in [-0.25, -0.2) is 4.39 Å². The van der Waals surface area contributed by atoms with Crippen LogP contribution in [0.25, 0.3) is 0 Å². The molecule has 0 aliphatic heterocycles. The second-order valence-electron chi connectivity index (χ2n) is 6.68. The second kappa shape index (κ2) is 9.19. The summed E-state index contributed by atoms with van der Waals surface area (Å²) < 4.78 is 17.1. The first-order valence-electron chi connectivity index (χ1n) is 8.44. The number of halogens is 2. The molecule has 142 valence electrons. The van der Waals surface area contributed by atoms with Gasteiger partial charge in [0.2, 0.25) is 0 Å². The molecule has 0 spiro atoms. The third-order valence-electron chi connectivity index (χ3n) is 4.09. The highest BCUT2D eigenvalue weighted by molar-refractivity contribution is 9.10. The molecule has 0 saturated heterocycles. The van der Waals surface area contributed by atoms with Crippen molar-refractivity contribution in [2.75, 3.05) is 28.2 Å². The van der Waals surface area contributed by atoms with Crippen LogP contribution in [0.3, 0.4) is 0 Å². The fourth-order valence-electron chi connectivity index (χ4n) is 2.81. The van der Waals surface area contributed by atoms with E-state index in [0.29, 0.717) is 18.7 Å². The third-order valence-corrected chi connectivity index (χ3v) is 4.53. The summed E-state index contributed by atoms with van der Waals surface area (Å²) in [6, 6.07) is 7.34. The Kier molecular flexibility index (Phi) is 7.23. The number of aliphatic imine (C=N–C) groups is 1. The number of nitrogens with one attached hydrogen (secondary N) is 1. The highest BCUT2D eigenvalue weighted by Crippen LogP contribution is 2.15. The topological polar surface area (TPSA) is 35.8 Å². The van der Waals surface area contributed by atoms with Gasteiger partial charge in [0.15, 0.2) is 5.96 Å². The summed E-state index contributed by atoms with van der Waals surface area (Å²) in [6.07, 6.45) is 2.03. The molecule has 0 bridgehead atoms. The van der Waals surface area contributed by atoms with Crippen LogP contribution in [0.4, 0.5) is 4.39 Å². The van der Waals surface area contributed by atoms with E-state index in [1.54, 1.807) is 7.05 Å². The molecule has 0 saturated carbocycles. The molecule has 0 atom stereocenters. The number of nitrogens with zero attached hydrogens (tertiary/aromatic N) is 4. The van der Waals surface area contributed by atoms with E-state index in [1.165, 1.54) is 11.8 Å². The van der Waals surface area contributed by atoms with Gasteiger partial charge in [-0.15, -0.1) is 0 Å². The summed E-state index contributed by atoms with van der Waals surface area (Å²) in [6.45, 7) is 1.91. The van der Waals surface area contributed by atoms with Crippen molar-refractivity contribution in [2.24, 2.45) is 12.0 Å². The van der Waals surface area contributed by atoms with E-state index in [0.717, 1.165) is 22.5 Å².